The smallest absolute Gasteiger partial charge is 0.310 e. The van der Waals surface area contributed by atoms with Gasteiger partial charge in [-0.1, -0.05) is 17.8 Å². The van der Waals surface area contributed by atoms with Crippen LogP contribution in [0.15, 0.2) is 47.4 Å². The first-order valence-corrected chi connectivity index (χ1v) is 9.00. The largest absolute Gasteiger partial charge is 0.493 e. The summed E-state index contributed by atoms with van der Waals surface area (Å²) >= 11 is 0.414. The van der Waals surface area contributed by atoms with Crippen molar-refractivity contribution in [2.45, 2.75) is 17.1 Å². The number of halogens is 2. The normalized spacial score (nSPS) is 10.5. The molecule has 0 aliphatic carbocycles. The summed E-state index contributed by atoms with van der Waals surface area (Å²) in [6, 6.07) is 10.9. The van der Waals surface area contributed by atoms with E-state index in [1.54, 1.807) is 18.2 Å². The van der Waals surface area contributed by atoms with Gasteiger partial charge in [0.05, 0.1) is 20.6 Å². The SMILES string of the molecule is COc1ccc(CC(=O)OCC(=O)Nc2ccc(SC(F)F)cc2)cc1OC. The van der Waals surface area contributed by atoms with Crippen molar-refractivity contribution in [2.75, 3.05) is 26.1 Å². The van der Waals surface area contributed by atoms with Crippen LogP contribution in [0.1, 0.15) is 5.56 Å². The van der Waals surface area contributed by atoms with Crippen molar-refractivity contribution in [2.24, 2.45) is 0 Å². The predicted octanol–water partition coefficient (Wildman–Crippen LogP) is 3.74. The van der Waals surface area contributed by atoms with E-state index >= 15 is 0 Å². The van der Waals surface area contributed by atoms with E-state index in [1.807, 2.05) is 0 Å². The highest BCUT2D eigenvalue weighted by Gasteiger charge is 2.12. The highest BCUT2D eigenvalue weighted by atomic mass is 32.2. The van der Waals surface area contributed by atoms with Crippen LogP contribution in [0.4, 0.5) is 14.5 Å². The minimum absolute atomic E-state index is 0.0345. The Bertz CT molecular complexity index is 814. The summed E-state index contributed by atoms with van der Waals surface area (Å²) in [7, 11) is 3.00. The van der Waals surface area contributed by atoms with Crippen molar-refractivity contribution >= 4 is 29.3 Å². The monoisotopic (exact) mass is 411 g/mol. The molecule has 0 saturated heterocycles. The molecule has 2 aromatic carbocycles. The quantitative estimate of drug-likeness (QED) is 0.501. The average molecular weight is 411 g/mol. The molecule has 0 heterocycles. The van der Waals surface area contributed by atoms with Crippen LogP contribution >= 0.6 is 11.8 Å². The van der Waals surface area contributed by atoms with Crippen LogP contribution in [-0.2, 0) is 20.7 Å². The van der Waals surface area contributed by atoms with E-state index in [-0.39, 0.29) is 6.42 Å². The highest BCUT2D eigenvalue weighted by molar-refractivity contribution is 7.99. The lowest BCUT2D eigenvalue weighted by Crippen LogP contribution is -2.21. The number of esters is 1. The average Bonchev–Trinajstić information content (AvgIpc) is 2.67. The Labute approximate surface area is 165 Å². The van der Waals surface area contributed by atoms with E-state index in [9.17, 15) is 18.4 Å². The van der Waals surface area contributed by atoms with Crippen molar-refractivity contribution in [3.05, 3.63) is 48.0 Å². The number of hydrogen-bond donors (Lipinski definition) is 1. The number of alkyl halides is 2. The molecule has 0 bridgehead atoms. The van der Waals surface area contributed by atoms with Crippen LogP contribution in [0.5, 0.6) is 11.5 Å². The van der Waals surface area contributed by atoms with E-state index in [4.69, 9.17) is 14.2 Å². The molecule has 0 atom stereocenters. The van der Waals surface area contributed by atoms with Crippen LogP contribution in [0.3, 0.4) is 0 Å². The topological polar surface area (TPSA) is 73.9 Å². The summed E-state index contributed by atoms with van der Waals surface area (Å²) in [6.07, 6.45) is -0.0345. The van der Waals surface area contributed by atoms with Gasteiger partial charge in [0.1, 0.15) is 0 Å². The van der Waals surface area contributed by atoms with Gasteiger partial charge in [0, 0.05) is 10.6 Å². The maximum atomic E-state index is 12.3. The molecular formula is C19H19F2NO5S. The summed E-state index contributed by atoms with van der Waals surface area (Å²) in [4.78, 5) is 24.2. The van der Waals surface area contributed by atoms with Gasteiger partial charge in [-0.3, -0.25) is 9.59 Å². The maximum Gasteiger partial charge on any atom is 0.310 e. The molecule has 9 heteroatoms. The molecule has 0 saturated carbocycles. The van der Waals surface area contributed by atoms with E-state index < -0.39 is 24.2 Å². The summed E-state index contributed by atoms with van der Waals surface area (Å²) in [6.45, 7) is -0.459. The number of amides is 1. The second kappa shape index (κ2) is 10.5. The zero-order valence-corrected chi connectivity index (χ0v) is 16.1. The van der Waals surface area contributed by atoms with Gasteiger partial charge in [-0.25, -0.2) is 0 Å². The zero-order valence-electron chi connectivity index (χ0n) is 15.2. The number of ether oxygens (including phenoxy) is 3. The number of thioether (sulfide) groups is 1. The fraction of sp³-hybridized carbons (Fsp3) is 0.263. The van der Waals surface area contributed by atoms with Gasteiger partial charge >= 0.3 is 5.97 Å². The van der Waals surface area contributed by atoms with Crippen LogP contribution in [0.25, 0.3) is 0 Å². The third-order valence-corrected chi connectivity index (χ3v) is 4.25. The minimum atomic E-state index is -2.51. The molecule has 0 aliphatic rings. The Balaban J connectivity index is 1.81. The van der Waals surface area contributed by atoms with Gasteiger partial charge < -0.3 is 19.5 Å². The minimum Gasteiger partial charge on any atom is -0.493 e. The van der Waals surface area contributed by atoms with Crippen molar-refractivity contribution in [3.8, 4) is 11.5 Å². The van der Waals surface area contributed by atoms with Crippen molar-refractivity contribution in [3.63, 3.8) is 0 Å². The number of benzene rings is 2. The first kappa shape index (κ1) is 21.5. The van der Waals surface area contributed by atoms with E-state index in [0.717, 1.165) is 0 Å². The van der Waals surface area contributed by atoms with Crippen LogP contribution in [0.2, 0.25) is 0 Å². The van der Waals surface area contributed by atoms with Gasteiger partial charge in [0.25, 0.3) is 11.7 Å². The molecule has 0 spiro atoms. The first-order valence-electron chi connectivity index (χ1n) is 8.12. The molecular weight excluding hydrogens is 392 g/mol. The lowest BCUT2D eigenvalue weighted by molar-refractivity contribution is -0.146. The van der Waals surface area contributed by atoms with Gasteiger partial charge in [-0.05, 0) is 42.0 Å². The first-order chi connectivity index (χ1) is 13.4. The van der Waals surface area contributed by atoms with Gasteiger partial charge in [0.2, 0.25) is 0 Å². The van der Waals surface area contributed by atoms with Crippen LogP contribution in [-0.4, -0.2) is 38.5 Å². The lowest BCUT2D eigenvalue weighted by atomic mass is 10.1. The van der Waals surface area contributed by atoms with E-state index in [1.165, 1.54) is 38.5 Å². The van der Waals surface area contributed by atoms with Gasteiger partial charge in [0.15, 0.2) is 18.1 Å². The second-order valence-corrected chi connectivity index (χ2v) is 6.54. The van der Waals surface area contributed by atoms with Crippen molar-refractivity contribution < 1.29 is 32.6 Å². The highest BCUT2D eigenvalue weighted by Crippen LogP contribution is 2.28. The summed E-state index contributed by atoms with van der Waals surface area (Å²) in [5, 5.41) is 2.53. The Morgan fingerprint density at radius 3 is 2.32 bits per heavy atom. The molecule has 0 radical (unpaired) electrons. The van der Waals surface area contributed by atoms with Crippen LogP contribution < -0.4 is 14.8 Å². The number of carbonyl (C=O) groups is 2. The summed E-state index contributed by atoms with van der Waals surface area (Å²) < 4.78 is 39.8. The Morgan fingerprint density at radius 1 is 1.04 bits per heavy atom. The zero-order chi connectivity index (χ0) is 20.5. The molecule has 0 aromatic heterocycles. The number of methoxy groups -OCH3 is 2. The maximum absolute atomic E-state index is 12.3. The molecule has 2 rings (SSSR count). The number of rotatable bonds is 9. The number of carbonyl (C=O) groups excluding carboxylic acids is 2. The summed E-state index contributed by atoms with van der Waals surface area (Å²) in [5.41, 5.74) is 1.06. The Kier molecular flexibility index (Phi) is 8.06. The Morgan fingerprint density at radius 2 is 1.71 bits per heavy atom. The number of hydrogen-bond acceptors (Lipinski definition) is 6. The molecule has 6 nitrogen and oxygen atoms in total. The van der Waals surface area contributed by atoms with Crippen LogP contribution in [0, 0.1) is 0 Å². The number of nitrogens with one attached hydrogen (secondary N) is 1. The standard InChI is InChI=1S/C19H19F2NO5S/c1-25-15-8-3-12(9-16(15)26-2)10-18(24)27-11-17(23)22-13-4-6-14(7-5-13)28-19(20)21/h3-9,19H,10-11H2,1-2H3,(H,22,23). The molecule has 28 heavy (non-hydrogen) atoms. The lowest BCUT2D eigenvalue weighted by Gasteiger charge is -2.10. The fourth-order valence-electron chi connectivity index (χ4n) is 2.27. The van der Waals surface area contributed by atoms with Crippen molar-refractivity contribution in [1.82, 2.24) is 0 Å². The van der Waals surface area contributed by atoms with Gasteiger partial charge in [-0.15, -0.1) is 0 Å². The molecule has 150 valence electrons. The molecule has 0 fully saturated rings. The van der Waals surface area contributed by atoms with Crippen molar-refractivity contribution in [1.29, 1.82) is 0 Å². The third kappa shape index (κ3) is 6.73. The molecule has 0 unspecified atom stereocenters. The molecule has 0 aliphatic heterocycles. The summed E-state index contributed by atoms with van der Waals surface area (Å²) in [5.74, 6) is -2.59. The number of anilines is 1. The predicted molar refractivity (Wildman–Crippen MR) is 101 cm³/mol. The molecule has 1 amide bonds. The second-order valence-electron chi connectivity index (χ2n) is 5.48. The third-order valence-electron chi connectivity index (χ3n) is 3.52. The van der Waals surface area contributed by atoms with E-state index in [0.29, 0.717) is 39.4 Å². The van der Waals surface area contributed by atoms with Gasteiger partial charge in [-0.2, -0.15) is 8.78 Å². The fourth-order valence-corrected chi connectivity index (χ4v) is 2.77. The molecule has 2 aromatic rings. The molecule has 1 N–H and O–H groups in total. The Hall–Kier alpha value is -2.81. The van der Waals surface area contributed by atoms with E-state index in [2.05, 4.69) is 5.32 Å².